The molecule has 1 saturated heterocycles. The van der Waals surface area contributed by atoms with Gasteiger partial charge in [-0.15, -0.1) is 0 Å². The predicted octanol–water partition coefficient (Wildman–Crippen LogP) is 2.64. The van der Waals surface area contributed by atoms with Gasteiger partial charge in [-0.05, 0) is 19.9 Å². The van der Waals surface area contributed by atoms with E-state index in [1.165, 1.54) is 12.1 Å². The lowest BCUT2D eigenvalue weighted by atomic mass is 10.0. The summed E-state index contributed by atoms with van der Waals surface area (Å²) in [5.41, 5.74) is 0.213. The van der Waals surface area contributed by atoms with Gasteiger partial charge >= 0.3 is 0 Å². The van der Waals surface area contributed by atoms with Gasteiger partial charge < -0.3 is 4.74 Å². The summed E-state index contributed by atoms with van der Waals surface area (Å²) in [5, 5.41) is 9.31. The third-order valence-corrected chi connectivity index (χ3v) is 3.19. The van der Waals surface area contributed by atoms with Crippen LogP contribution in [0.3, 0.4) is 0 Å². The maximum absolute atomic E-state index is 13.8. The fourth-order valence-electron chi connectivity index (χ4n) is 2.50. The molecule has 1 fully saturated rings. The Morgan fingerprint density at radius 1 is 1.32 bits per heavy atom. The Bertz CT molecular complexity index is 491. The third-order valence-electron chi connectivity index (χ3n) is 3.19. The largest absolute Gasteiger partial charge is 0.373 e. The zero-order chi connectivity index (χ0) is 14.0. The van der Waals surface area contributed by atoms with Gasteiger partial charge in [0.2, 0.25) is 0 Å². The lowest BCUT2D eigenvalue weighted by molar-refractivity contribution is -0.0752. The Morgan fingerprint density at radius 3 is 2.47 bits per heavy atom. The highest BCUT2D eigenvalue weighted by molar-refractivity contribution is 5.26. The highest BCUT2D eigenvalue weighted by Crippen LogP contribution is 2.26. The second-order valence-electron chi connectivity index (χ2n) is 4.91. The zero-order valence-corrected chi connectivity index (χ0v) is 10.9. The molecule has 3 nitrogen and oxygen atoms in total. The van der Waals surface area contributed by atoms with Gasteiger partial charge in [-0.25, -0.2) is 8.78 Å². The summed E-state index contributed by atoms with van der Waals surface area (Å²) in [5.74, 6) is -1.32. The van der Waals surface area contributed by atoms with E-state index in [0.717, 1.165) is 6.07 Å². The van der Waals surface area contributed by atoms with E-state index in [1.807, 2.05) is 18.7 Å². The minimum Gasteiger partial charge on any atom is -0.373 e. The molecule has 0 radical (unpaired) electrons. The number of halogens is 2. The van der Waals surface area contributed by atoms with E-state index in [2.05, 4.69) is 6.07 Å². The molecule has 3 atom stereocenters. The van der Waals surface area contributed by atoms with Crippen LogP contribution in [-0.4, -0.2) is 30.2 Å². The van der Waals surface area contributed by atoms with Crippen molar-refractivity contribution >= 4 is 0 Å². The number of nitriles is 1. The zero-order valence-electron chi connectivity index (χ0n) is 10.9. The SMILES string of the molecule is CC1CN(C(C#N)c2ccc(F)cc2F)CC(C)O1. The monoisotopic (exact) mass is 266 g/mol. The minimum absolute atomic E-state index is 0.0110. The molecular formula is C14H16F2N2O. The van der Waals surface area contributed by atoms with Crippen LogP contribution in [-0.2, 0) is 4.74 Å². The topological polar surface area (TPSA) is 36.3 Å². The van der Waals surface area contributed by atoms with E-state index in [9.17, 15) is 14.0 Å². The molecule has 1 aliphatic rings. The third kappa shape index (κ3) is 3.09. The molecule has 19 heavy (non-hydrogen) atoms. The number of benzene rings is 1. The van der Waals surface area contributed by atoms with Crippen molar-refractivity contribution in [3.05, 3.63) is 35.4 Å². The normalized spacial score (nSPS) is 25.8. The van der Waals surface area contributed by atoms with E-state index in [4.69, 9.17) is 4.74 Å². The Kier molecular flexibility index (Phi) is 4.13. The highest BCUT2D eigenvalue weighted by Gasteiger charge is 2.30. The molecule has 0 amide bonds. The van der Waals surface area contributed by atoms with Crippen molar-refractivity contribution in [3.8, 4) is 6.07 Å². The molecule has 2 rings (SSSR count). The van der Waals surface area contributed by atoms with Crippen LogP contribution >= 0.6 is 0 Å². The minimum atomic E-state index is -0.714. The number of hydrogen-bond acceptors (Lipinski definition) is 3. The van der Waals surface area contributed by atoms with Crippen LogP contribution in [0.4, 0.5) is 8.78 Å². The Morgan fingerprint density at radius 2 is 1.95 bits per heavy atom. The van der Waals surface area contributed by atoms with Crippen molar-refractivity contribution in [2.24, 2.45) is 0 Å². The smallest absolute Gasteiger partial charge is 0.131 e. The Hall–Kier alpha value is -1.51. The molecule has 0 N–H and O–H groups in total. The van der Waals surface area contributed by atoms with Gasteiger partial charge in [0.1, 0.15) is 17.7 Å². The van der Waals surface area contributed by atoms with Crippen molar-refractivity contribution in [3.63, 3.8) is 0 Å². The van der Waals surface area contributed by atoms with Crippen LogP contribution < -0.4 is 0 Å². The Balaban J connectivity index is 2.27. The van der Waals surface area contributed by atoms with Gasteiger partial charge in [0.15, 0.2) is 0 Å². The molecule has 102 valence electrons. The quantitative estimate of drug-likeness (QED) is 0.825. The van der Waals surface area contributed by atoms with Crippen LogP contribution in [0, 0.1) is 23.0 Å². The first-order valence-corrected chi connectivity index (χ1v) is 6.25. The summed E-state index contributed by atoms with van der Waals surface area (Å²) >= 11 is 0. The van der Waals surface area contributed by atoms with Crippen molar-refractivity contribution in [2.75, 3.05) is 13.1 Å². The van der Waals surface area contributed by atoms with E-state index < -0.39 is 17.7 Å². The maximum atomic E-state index is 13.8. The summed E-state index contributed by atoms with van der Waals surface area (Å²) < 4.78 is 32.3. The van der Waals surface area contributed by atoms with E-state index >= 15 is 0 Å². The molecule has 1 heterocycles. The molecule has 0 spiro atoms. The van der Waals surface area contributed by atoms with Crippen LogP contribution in [0.2, 0.25) is 0 Å². The van der Waals surface area contributed by atoms with Crippen molar-refractivity contribution in [1.29, 1.82) is 5.26 Å². The van der Waals surface area contributed by atoms with Crippen LogP contribution in [0.15, 0.2) is 18.2 Å². The summed E-state index contributed by atoms with van der Waals surface area (Å²) in [6.45, 7) is 4.94. The molecule has 0 aliphatic carbocycles. The van der Waals surface area contributed by atoms with Gasteiger partial charge in [-0.1, -0.05) is 6.07 Å². The number of rotatable bonds is 2. The molecule has 1 aromatic carbocycles. The fourth-order valence-corrected chi connectivity index (χ4v) is 2.50. The first-order valence-electron chi connectivity index (χ1n) is 6.25. The van der Waals surface area contributed by atoms with Crippen molar-refractivity contribution in [2.45, 2.75) is 32.1 Å². The van der Waals surface area contributed by atoms with Gasteiger partial charge in [0.25, 0.3) is 0 Å². The number of morpholine rings is 1. The molecule has 1 aliphatic heterocycles. The average molecular weight is 266 g/mol. The summed E-state index contributed by atoms with van der Waals surface area (Å²) in [4.78, 5) is 1.87. The standard InChI is InChI=1S/C14H16F2N2O/c1-9-7-18(8-10(2)19-9)14(6-17)12-4-3-11(15)5-13(12)16/h3-5,9-10,14H,7-8H2,1-2H3. The molecule has 1 aromatic rings. The predicted molar refractivity (Wildman–Crippen MR) is 66.3 cm³/mol. The number of nitrogens with zero attached hydrogens (tertiary/aromatic N) is 2. The first-order chi connectivity index (χ1) is 9.01. The Labute approximate surface area is 111 Å². The van der Waals surface area contributed by atoms with Gasteiger partial charge in [-0.3, -0.25) is 4.90 Å². The average Bonchev–Trinajstić information content (AvgIpc) is 2.31. The summed E-state index contributed by atoms with van der Waals surface area (Å²) in [6.07, 6.45) is -0.0220. The summed E-state index contributed by atoms with van der Waals surface area (Å²) in [6, 6.07) is 4.71. The lowest BCUT2D eigenvalue weighted by Gasteiger charge is -2.37. The van der Waals surface area contributed by atoms with E-state index in [0.29, 0.717) is 13.1 Å². The summed E-state index contributed by atoms with van der Waals surface area (Å²) in [7, 11) is 0. The molecule has 0 bridgehead atoms. The number of hydrogen-bond donors (Lipinski definition) is 0. The number of ether oxygens (including phenoxy) is 1. The van der Waals surface area contributed by atoms with Crippen molar-refractivity contribution in [1.82, 2.24) is 4.90 Å². The first kappa shape index (κ1) is 13.9. The van der Waals surface area contributed by atoms with Gasteiger partial charge in [0.05, 0.1) is 18.3 Å². The van der Waals surface area contributed by atoms with Gasteiger partial charge in [0, 0.05) is 24.7 Å². The molecule has 3 unspecified atom stereocenters. The second-order valence-corrected chi connectivity index (χ2v) is 4.91. The maximum Gasteiger partial charge on any atom is 0.131 e. The van der Waals surface area contributed by atoms with Crippen LogP contribution in [0.5, 0.6) is 0 Å². The lowest BCUT2D eigenvalue weighted by Crippen LogP contribution is -2.46. The van der Waals surface area contributed by atoms with Crippen LogP contribution in [0.25, 0.3) is 0 Å². The fraction of sp³-hybridized carbons (Fsp3) is 0.500. The molecule has 0 aromatic heterocycles. The molecule has 5 heteroatoms. The van der Waals surface area contributed by atoms with E-state index in [-0.39, 0.29) is 17.8 Å². The van der Waals surface area contributed by atoms with Gasteiger partial charge in [-0.2, -0.15) is 5.26 Å². The van der Waals surface area contributed by atoms with Crippen molar-refractivity contribution < 1.29 is 13.5 Å². The van der Waals surface area contributed by atoms with E-state index in [1.54, 1.807) is 0 Å². The molecular weight excluding hydrogens is 250 g/mol. The highest BCUT2D eigenvalue weighted by atomic mass is 19.1. The second kappa shape index (κ2) is 5.64. The van der Waals surface area contributed by atoms with Crippen LogP contribution in [0.1, 0.15) is 25.5 Å². The molecule has 0 saturated carbocycles.